The number of hydrogen-bond donors (Lipinski definition) is 0. The van der Waals surface area contributed by atoms with E-state index in [2.05, 4.69) is 0 Å². The highest BCUT2D eigenvalue weighted by atomic mass is 16.7. The number of amides is 2. The van der Waals surface area contributed by atoms with Crippen LogP contribution in [0.4, 0.5) is 0 Å². The van der Waals surface area contributed by atoms with Gasteiger partial charge < -0.3 is 14.3 Å². The number of carbonyl (C=O) groups is 3. The standard InChI is InChI=1S/C16H27NO6/c1-16(2,10-12-21-3)22-11-6-4-5-7-15(20)23-17-13(18)8-9-14(17)19/h4-12H2,1-3H3. The molecule has 0 saturated carbocycles. The summed E-state index contributed by atoms with van der Waals surface area (Å²) in [6.45, 7) is 5.32. The van der Waals surface area contributed by atoms with Crippen LogP contribution in [0.1, 0.15) is 58.8 Å². The second kappa shape index (κ2) is 9.62. The Bertz CT molecular complexity index is 405. The molecule has 0 unspecified atom stereocenters. The van der Waals surface area contributed by atoms with Crippen molar-refractivity contribution in [2.45, 2.75) is 64.4 Å². The molecular formula is C16H27NO6. The number of hydroxylamine groups is 2. The van der Waals surface area contributed by atoms with Crippen LogP contribution in [-0.4, -0.2) is 48.8 Å². The molecule has 1 heterocycles. The van der Waals surface area contributed by atoms with Crippen LogP contribution in [-0.2, 0) is 28.7 Å². The van der Waals surface area contributed by atoms with E-state index >= 15 is 0 Å². The maximum atomic E-state index is 11.6. The Balaban J connectivity index is 2.07. The van der Waals surface area contributed by atoms with Crippen LogP contribution in [0.2, 0.25) is 0 Å². The van der Waals surface area contributed by atoms with E-state index in [9.17, 15) is 14.4 Å². The number of imide groups is 1. The predicted molar refractivity (Wildman–Crippen MR) is 82.2 cm³/mol. The van der Waals surface area contributed by atoms with Crippen molar-refractivity contribution in [1.82, 2.24) is 5.06 Å². The lowest BCUT2D eigenvalue weighted by Gasteiger charge is -2.25. The fourth-order valence-corrected chi connectivity index (χ4v) is 2.12. The first-order valence-corrected chi connectivity index (χ1v) is 8.05. The molecule has 1 rings (SSSR count). The smallest absolute Gasteiger partial charge is 0.333 e. The molecule has 0 aliphatic carbocycles. The molecule has 1 saturated heterocycles. The zero-order valence-corrected chi connectivity index (χ0v) is 14.3. The number of carbonyl (C=O) groups excluding carboxylic acids is 3. The van der Waals surface area contributed by atoms with Crippen LogP contribution in [0.15, 0.2) is 0 Å². The summed E-state index contributed by atoms with van der Waals surface area (Å²) in [4.78, 5) is 39.0. The Morgan fingerprint density at radius 1 is 1.09 bits per heavy atom. The van der Waals surface area contributed by atoms with Crippen LogP contribution in [0.25, 0.3) is 0 Å². The summed E-state index contributed by atoms with van der Waals surface area (Å²) in [6, 6.07) is 0. The maximum Gasteiger partial charge on any atom is 0.333 e. The van der Waals surface area contributed by atoms with Gasteiger partial charge in [-0.1, -0.05) is 6.42 Å². The number of unbranched alkanes of at least 4 members (excludes halogenated alkanes) is 2. The molecule has 132 valence electrons. The molecule has 0 aromatic rings. The van der Waals surface area contributed by atoms with Gasteiger partial charge in [-0.25, -0.2) is 4.79 Å². The fourth-order valence-electron chi connectivity index (χ4n) is 2.12. The Hall–Kier alpha value is -1.47. The zero-order chi connectivity index (χ0) is 17.3. The van der Waals surface area contributed by atoms with E-state index in [-0.39, 0.29) is 24.9 Å². The molecule has 7 nitrogen and oxygen atoms in total. The molecule has 0 aromatic carbocycles. The third-order valence-corrected chi connectivity index (χ3v) is 3.63. The molecular weight excluding hydrogens is 302 g/mol. The SMILES string of the molecule is COCCC(C)(C)OCCCCCC(=O)ON1C(=O)CCC1=O. The van der Waals surface area contributed by atoms with E-state index in [0.717, 1.165) is 19.3 Å². The van der Waals surface area contributed by atoms with Gasteiger partial charge in [-0.05, 0) is 33.1 Å². The second-order valence-electron chi connectivity index (χ2n) is 6.21. The number of hydrogen-bond acceptors (Lipinski definition) is 6. The van der Waals surface area contributed by atoms with Gasteiger partial charge in [0.25, 0.3) is 11.8 Å². The minimum atomic E-state index is -0.546. The number of nitrogens with zero attached hydrogens (tertiary/aromatic N) is 1. The van der Waals surface area contributed by atoms with Gasteiger partial charge >= 0.3 is 5.97 Å². The Labute approximate surface area is 137 Å². The summed E-state index contributed by atoms with van der Waals surface area (Å²) in [6.07, 6.45) is 3.53. The molecule has 0 aromatic heterocycles. The third-order valence-electron chi connectivity index (χ3n) is 3.63. The van der Waals surface area contributed by atoms with E-state index in [1.54, 1.807) is 7.11 Å². The van der Waals surface area contributed by atoms with E-state index in [1.807, 2.05) is 13.8 Å². The number of ether oxygens (including phenoxy) is 2. The minimum absolute atomic E-state index is 0.113. The largest absolute Gasteiger partial charge is 0.385 e. The van der Waals surface area contributed by atoms with Gasteiger partial charge in [-0.2, -0.15) is 0 Å². The Morgan fingerprint density at radius 2 is 1.74 bits per heavy atom. The second-order valence-corrected chi connectivity index (χ2v) is 6.21. The highest BCUT2D eigenvalue weighted by Gasteiger charge is 2.32. The van der Waals surface area contributed by atoms with Crippen molar-refractivity contribution >= 4 is 17.8 Å². The average Bonchev–Trinajstić information content (AvgIpc) is 2.80. The first kappa shape index (κ1) is 19.6. The van der Waals surface area contributed by atoms with Crippen LogP contribution in [0, 0.1) is 0 Å². The van der Waals surface area contributed by atoms with Crippen LogP contribution in [0.5, 0.6) is 0 Å². The lowest BCUT2D eigenvalue weighted by Crippen LogP contribution is -2.31. The molecule has 2 amide bonds. The minimum Gasteiger partial charge on any atom is -0.385 e. The van der Waals surface area contributed by atoms with Gasteiger partial charge in [-0.15, -0.1) is 5.06 Å². The first-order chi connectivity index (χ1) is 10.9. The average molecular weight is 329 g/mol. The lowest BCUT2D eigenvalue weighted by atomic mass is 10.1. The molecule has 1 aliphatic heterocycles. The van der Waals surface area contributed by atoms with E-state index in [4.69, 9.17) is 14.3 Å². The van der Waals surface area contributed by atoms with Crippen molar-refractivity contribution in [2.24, 2.45) is 0 Å². The summed E-state index contributed by atoms with van der Waals surface area (Å²) < 4.78 is 10.8. The van der Waals surface area contributed by atoms with Gasteiger partial charge in [0.2, 0.25) is 0 Å². The van der Waals surface area contributed by atoms with Crippen LogP contribution < -0.4 is 0 Å². The summed E-state index contributed by atoms with van der Waals surface area (Å²) >= 11 is 0. The molecule has 1 aliphatic rings. The monoisotopic (exact) mass is 329 g/mol. The first-order valence-electron chi connectivity index (χ1n) is 8.05. The van der Waals surface area contributed by atoms with Gasteiger partial charge in [-0.3, -0.25) is 9.59 Å². The van der Waals surface area contributed by atoms with Gasteiger partial charge in [0.05, 0.1) is 5.60 Å². The molecule has 0 spiro atoms. The van der Waals surface area contributed by atoms with Crippen molar-refractivity contribution in [3.8, 4) is 0 Å². The molecule has 0 N–H and O–H groups in total. The Morgan fingerprint density at radius 3 is 2.35 bits per heavy atom. The highest BCUT2D eigenvalue weighted by Crippen LogP contribution is 2.16. The third kappa shape index (κ3) is 7.56. The molecule has 0 atom stereocenters. The summed E-state index contributed by atoms with van der Waals surface area (Å²) in [5, 5.41) is 0.587. The van der Waals surface area contributed by atoms with Crippen molar-refractivity contribution < 1.29 is 28.7 Å². The van der Waals surface area contributed by atoms with E-state index < -0.39 is 17.8 Å². The molecule has 7 heteroatoms. The molecule has 0 bridgehead atoms. The summed E-state index contributed by atoms with van der Waals surface area (Å²) in [7, 11) is 1.67. The van der Waals surface area contributed by atoms with Crippen LogP contribution >= 0.6 is 0 Å². The summed E-state index contributed by atoms with van der Waals surface area (Å²) in [5.74, 6) is -1.44. The van der Waals surface area contributed by atoms with Gasteiger partial charge in [0.1, 0.15) is 0 Å². The highest BCUT2D eigenvalue weighted by molar-refractivity contribution is 6.01. The maximum absolute atomic E-state index is 11.6. The van der Waals surface area contributed by atoms with E-state index in [0.29, 0.717) is 24.7 Å². The normalized spacial score (nSPS) is 15.3. The molecule has 0 radical (unpaired) electrons. The quantitative estimate of drug-likeness (QED) is 0.426. The van der Waals surface area contributed by atoms with Crippen molar-refractivity contribution in [3.63, 3.8) is 0 Å². The number of methoxy groups -OCH3 is 1. The number of rotatable bonds is 11. The topological polar surface area (TPSA) is 82.1 Å². The van der Waals surface area contributed by atoms with Gasteiger partial charge in [0, 0.05) is 39.6 Å². The predicted octanol–water partition coefficient (Wildman–Crippen LogP) is 1.99. The fraction of sp³-hybridized carbons (Fsp3) is 0.812. The van der Waals surface area contributed by atoms with Crippen molar-refractivity contribution in [1.29, 1.82) is 0 Å². The molecule has 1 fully saturated rings. The van der Waals surface area contributed by atoms with Crippen molar-refractivity contribution in [3.05, 3.63) is 0 Å². The molecule has 23 heavy (non-hydrogen) atoms. The Kier molecular flexibility index (Phi) is 8.19. The lowest BCUT2D eigenvalue weighted by molar-refractivity contribution is -0.197. The van der Waals surface area contributed by atoms with Crippen molar-refractivity contribution in [2.75, 3.05) is 20.3 Å². The van der Waals surface area contributed by atoms with Gasteiger partial charge in [0.15, 0.2) is 0 Å². The summed E-state index contributed by atoms with van der Waals surface area (Å²) in [5.41, 5.74) is -0.217. The zero-order valence-electron chi connectivity index (χ0n) is 14.3. The van der Waals surface area contributed by atoms with E-state index in [1.165, 1.54) is 0 Å². The van der Waals surface area contributed by atoms with Crippen LogP contribution in [0.3, 0.4) is 0 Å².